The molecule has 0 saturated carbocycles. The van der Waals surface area contributed by atoms with Crippen LogP contribution in [0, 0.1) is 0 Å². The Kier molecular flexibility index (Phi) is 5.13. The van der Waals surface area contributed by atoms with Crippen LogP contribution >= 0.6 is 23.2 Å². The molecule has 3 rings (SSSR count). The Morgan fingerprint density at radius 1 is 1.08 bits per heavy atom. The lowest BCUT2D eigenvalue weighted by atomic mass is 10.2. The molecule has 3 aromatic rings. The van der Waals surface area contributed by atoms with Crippen molar-refractivity contribution >= 4 is 40.1 Å². The van der Waals surface area contributed by atoms with Gasteiger partial charge in [0.15, 0.2) is 0 Å². The predicted molar refractivity (Wildman–Crippen MR) is 96.9 cm³/mol. The molecule has 25 heavy (non-hydrogen) atoms. The normalized spacial score (nSPS) is 11.0. The highest BCUT2D eigenvalue weighted by Crippen LogP contribution is 2.23. The lowest BCUT2D eigenvalue weighted by Crippen LogP contribution is -2.32. The van der Waals surface area contributed by atoms with Crippen molar-refractivity contribution < 1.29 is 9.63 Å². The Morgan fingerprint density at radius 2 is 1.76 bits per heavy atom. The van der Waals surface area contributed by atoms with Crippen molar-refractivity contribution in [2.24, 2.45) is 0 Å². The van der Waals surface area contributed by atoms with E-state index in [-0.39, 0.29) is 12.2 Å². The van der Waals surface area contributed by atoms with E-state index >= 15 is 0 Å². The lowest BCUT2D eigenvalue weighted by molar-refractivity contribution is -0.131. The number of amides is 1. The van der Waals surface area contributed by atoms with Crippen molar-refractivity contribution in [1.82, 2.24) is 14.6 Å². The molecule has 0 saturated heterocycles. The summed E-state index contributed by atoms with van der Waals surface area (Å²) in [6, 6.07) is 12.5. The van der Waals surface area contributed by atoms with Crippen LogP contribution in [0.1, 0.15) is 5.56 Å². The molecular weight excluding hydrogens is 365 g/mol. The van der Waals surface area contributed by atoms with Crippen LogP contribution in [0.2, 0.25) is 10.0 Å². The third kappa shape index (κ3) is 3.56. The third-order valence-corrected chi connectivity index (χ3v) is 4.51. The summed E-state index contributed by atoms with van der Waals surface area (Å²) in [5.74, 6) is -0.415. The van der Waals surface area contributed by atoms with Gasteiger partial charge in [-0.05, 0) is 29.8 Å². The molecule has 6 nitrogen and oxygen atoms in total. The van der Waals surface area contributed by atoms with Gasteiger partial charge >= 0.3 is 5.69 Å². The Hall–Kier alpha value is -2.28. The van der Waals surface area contributed by atoms with Crippen molar-refractivity contribution in [2.45, 2.75) is 13.1 Å². The van der Waals surface area contributed by atoms with Gasteiger partial charge in [-0.1, -0.05) is 41.4 Å². The second-order valence-electron chi connectivity index (χ2n) is 5.42. The smallest absolute Gasteiger partial charge is 0.287 e. The molecule has 0 aliphatic carbocycles. The SMILES string of the molecule is CONC(=O)Cn1c(=O)n(Cc2ccc(Cl)c(Cl)c2)c2ccccc21. The number of aromatic nitrogens is 2. The minimum absolute atomic E-state index is 0.137. The largest absolute Gasteiger partial charge is 0.329 e. The van der Waals surface area contributed by atoms with Crippen LogP contribution in [0.4, 0.5) is 0 Å². The highest BCUT2D eigenvalue weighted by atomic mass is 35.5. The van der Waals surface area contributed by atoms with Gasteiger partial charge in [0.05, 0.1) is 34.7 Å². The molecule has 8 heteroatoms. The quantitative estimate of drug-likeness (QED) is 0.693. The molecule has 0 radical (unpaired) electrons. The van der Waals surface area contributed by atoms with E-state index in [1.165, 1.54) is 11.7 Å². The summed E-state index contributed by atoms with van der Waals surface area (Å²) in [7, 11) is 1.34. The highest BCUT2D eigenvalue weighted by Gasteiger charge is 2.15. The number of hydroxylamine groups is 1. The topological polar surface area (TPSA) is 65.3 Å². The minimum atomic E-state index is -0.415. The van der Waals surface area contributed by atoms with E-state index in [0.29, 0.717) is 22.1 Å². The fourth-order valence-corrected chi connectivity index (χ4v) is 3.01. The van der Waals surface area contributed by atoms with Crippen molar-refractivity contribution in [3.63, 3.8) is 0 Å². The maximum atomic E-state index is 12.8. The number of nitrogens with zero attached hydrogens (tertiary/aromatic N) is 2. The van der Waals surface area contributed by atoms with Crippen LogP contribution in [-0.2, 0) is 22.7 Å². The fraction of sp³-hybridized carbons (Fsp3) is 0.176. The molecule has 1 heterocycles. The molecule has 0 aliphatic heterocycles. The van der Waals surface area contributed by atoms with E-state index in [0.717, 1.165) is 11.1 Å². The summed E-state index contributed by atoms with van der Waals surface area (Å²) in [6.45, 7) is 0.177. The number of hydrogen-bond acceptors (Lipinski definition) is 3. The standard InChI is InChI=1S/C17H15Cl2N3O3/c1-25-20-16(23)10-22-15-5-3-2-4-14(15)21(17(22)24)9-11-6-7-12(18)13(19)8-11/h2-8H,9-10H2,1H3,(H,20,23). The first-order valence-corrected chi connectivity index (χ1v) is 8.20. The number of fused-ring (bicyclic) bond motifs is 1. The van der Waals surface area contributed by atoms with Gasteiger partial charge in [0.1, 0.15) is 6.54 Å². The predicted octanol–water partition coefficient (Wildman–Crippen LogP) is 2.84. The van der Waals surface area contributed by atoms with Gasteiger partial charge in [-0.25, -0.2) is 10.3 Å². The average Bonchev–Trinajstić information content (AvgIpc) is 2.84. The number of nitrogens with one attached hydrogen (secondary N) is 1. The zero-order chi connectivity index (χ0) is 18.0. The summed E-state index contributed by atoms with van der Waals surface area (Å²) in [6.07, 6.45) is 0. The first kappa shape index (κ1) is 17.5. The highest BCUT2D eigenvalue weighted by molar-refractivity contribution is 6.42. The molecule has 0 bridgehead atoms. The molecule has 1 aromatic heterocycles. The molecule has 1 amide bonds. The summed E-state index contributed by atoms with van der Waals surface area (Å²) >= 11 is 12.0. The molecular formula is C17H15Cl2N3O3. The van der Waals surface area contributed by atoms with E-state index in [9.17, 15) is 9.59 Å². The number of carbonyl (C=O) groups is 1. The van der Waals surface area contributed by atoms with Gasteiger partial charge in [0.25, 0.3) is 5.91 Å². The Morgan fingerprint density at radius 3 is 2.40 bits per heavy atom. The average molecular weight is 380 g/mol. The molecule has 0 unspecified atom stereocenters. The Bertz CT molecular complexity index is 994. The number of benzene rings is 2. The van der Waals surface area contributed by atoms with Crippen LogP contribution in [-0.4, -0.2) is 22.2 Å². The van der Waals surface area contributed by atoms with Crippen molar-refractivity contribution in [3.05, 3.63) is 68.6 Å². The van der Waals surface area contributed by atoms with Gasteiger partial charge in [0.2, 0.25) is 0 Å². The lowest BCUT2D eigenvalue weighted by Gasteiger charge is -2.05. The first-order chi connectivity index (χ1) is 12.0. The van der Waals surface area contributed by atoms with Crippen LogP contribution in [0.15, 0.2) is 47.3 Å². The van der Waals surface area contributed by atoms with E-state index in [4.69, 9.17) is 23.2 Å². The van der Waals surface area contributed by atoms with Crippen LogP contribution < -0.4 is 11.2 Å². The van der Waals surface area contributed by atoms with Crippen LogP contribution in [0.3, 0.4) is 0 Å². The number of rotatable bonds is 5. The molecule has 0 aliphatic rings. The fourth-order valence-electron chi connectivity index (χ4n) is 2.69. The second kappa shape index (κ2) is 7.31. The monoisotopic (exact) mass is 379 g/mol. The van der Waals surface area contributed by atoms with Gasteiger partial charge in [-0.3, -0.25) is 18.8 Å². The van der Waals surface area contributed by atoms with Gasteiger partial charge in [0, 0.05) is 0 Å². The maximum absolute atomic E-state index is 12.8. The number of hydrogen-bond donors (Lipinski definition) is 1. The van der Waals surface area contributed by atoms with Gasteiger partial charge in [-0.15, -0.1) is 0 Å². The zero-order valence-corrected chi connectivity index (χ0v) is 14.8. The number of para-hydroxylation sites is 2. The summed E-state index contributed by atoms with van der Waals surface area (Å²) in [5.41, 5.74) is 4.15. The zero-order valence-electron chi connectivity index (χ0n) is 13.3. The Balaban J connectivity index is 2.06. The molecule has 130 valence electrons. The number of imidazole rings is 1. The van der Waals surface area contributed by atoms with E-state index in [2.05, 4.69) is 10.3 Å². The van der Waals surface area contributed by atoms with Gasteiger partial charge in [-0.2, -0.15) is 0 Å². The first-order valence-electron chi connectivity index (χ1n) is 7.45. The molecule has 2 aromatic carbocycles. The Labute approximate surface area is 153 Å². The van der Waals surface area contributed by atoms with Crippen molar-refractivity contribution in [2.75, 3.05) is 7.11 Å². The molecule has 0 fully saturated rings. The van der Waals surface area contributed by atoms with Crippen molar-refractivity contribution in [1.29, 1.82) is 0 Å². The molecule has 1 N–H and O–H groups in total. The number of halogens is 2. The molecule has 0 atom stereocenters. The maximum Gasteiger partial charge on any atom is 0.329 e. The summed E-state index contributed by atoms with van der Waals surface area (Å²) < 4.78 is 3.00. The third-order valence-electron chi connectivity index (χ3n) is 3.77. The van der Waals surface area contributed by atoms with Crippen molar-refractivity contribution in [3.8, 4) is 0 Å². The van der Waals surface area contributed by atoms with E-state index < -0.39 is 5.91 Å². The van der Waals surface area contributed by atoms with Gasteiger partial charge < -0.3 is 0 Å². The van der Waals surface area contributed by atoms with E-state index in [1.807, 2.05) is 24.3 Å². The van der Waals surface area contributed by atoms with Crippen LogP contribution in [0.5, 0.6) is 0 Å². The summed E-state index contributed by atoms with van der Waals surface area (Å²) in [4.78, 5) is 29.3. The summed E-state index contributed by atoms with van der Waals surface area (Å²) in [5, 5.41) is 0.881. The second-order valence-corrected chi connectivity index (χ2v) is 6.24. The van der Waals surface area contributed by atoms with E-state index in [1.54, 1.807) is 22.8 Å². The minimum Gasteiger partial charge on any atom is -0.287 e. The van der Waals surface area contributed by atoms with Crippen LogP contribution in [0.25, 0.3) is 11.0 Å². The number of carbonyl (C=O) groups excluding carboxylic acids is 1. The molecule has 0 spiro atoms.